The fourth-order valence-corrected chi connectivity index (χ4v) is 3.97. The first kappa shape index (κ1) is 19.6. The van der Waals surface area contributed by atoms with E-state index in [0.29, 0.717) is 11.9 Å². The van der Waals surface area contributed by atoms with Crippen LogP contribution in [0.4, 0.5) is 5.69 Å². The van der Waals surface area contributed by atoms with E-state index in [0.717, 1.165) is 56.9 Å². The Morgan fingerprint density at radius 3 is 2.70 bits per heavy atom. The molecule has 0 bridgehead atoms. The number of nitrogens with one attached hydrogen (secondary N) is 1. The van der Waals surface area contributed by atoms with Gasteiger partial charge >= 0.3 is 0 Å². The molecular weight excluding hydrogens is 358 g/mol. The highest BCUT2D eigenvalue weighted by atomic mass is 32.1. The fraction of sp³-hybridized carbons (Fsp3) is 0.500. The lowest BCUT2D eigenvalue weighted by Gasteiger charge is -2.30. The van der Waals surface area contributed by atoms with Gasteiger partial charge in [-0.3, -0.25) is 9.89 Å². The molecule has 3 rings (SSSR count). The van der Waals surface area contributed by atoms with Gasteiger partial charge in [0.05, 0.1) is 17.8 Å². The van der Waals surface area contributed by atoms with Crippen molar-refractivity contribution in [3.8, 4) is 5.75 Å². The number of ether oxygens (including phenoxy) is 1. The molecule has 0 radical (unpaired) electrons. The van der Waals surface area contributed by atoms with Gasteiger partial charge in [0.2, 0.25) is 0 Å². The van der Waals surface area contributed by atoms with Crippen molar-refractivity contribution in [2.75, 3.05) is 32.1 Å². The number of thiazole rings is 1. The third-order valence-corrected chi connectivity index (χ3v) is 5.92. The molecular formula is C20H29N5OS. The highest BCUT2D eigenvalue weighted by molar-refractivity contribution is 7.09. The highest BCUT2D eigenvalue weighted by Gasteiger charge is 2.19. The molecule has 3 N–H and O–H groups in total. The Kier molecular flexibility index (Phi) is 7.06. The molecule has 0 unspecified atom stereocenters. The molecule has 1 aromatic carbocycles. The summed E-state index contributed by atoms with van der Waals surface area (Å²) in [5.41, 5.74) is 8.16. The monoisotopic (exact) mass is 387 g/mol. The third-order valence-electron chi connectivity index (χ3n) is 4.88. The van der Waals surface area contributed by atoms with E-state index in [9.17, 15) is 0 Å². The second-order valence-electron chi connectivity index (χ2n) is 6.89. The summed E-state index contributed by atoms with van der Waals surface area (Å²) >= 11 is 1.77. The van der Waals surface area contributed by atoms with Gasteiger partial charge in [0, 0.05) is 24.2 Å². The molecule has 1 fully saturated rings. The maximum absolute atomic E-state index is 6.03. The van der Waals surface area contributed by atoms with E-state index in [4.69, 9.17) is 10.5 Å². The number of guanidine groups is 1. The summed E-state index contributed by atoms with van der Waals surface area (Å²) in [6.45, 7) is 6.10. The van der Waals surface area contributed by atoms with Gasteiger partial charge in [-0.25, -0.2) is 4.98 Å². The predicted molar refractivity (Wildman–Crippen MR) is 113 cm³/mol. The maximum Gasteiger partial charge on any atom is 0.193 e. The minimum absolute atomic E-state index is 0.470. The molecule has 0 aliphatic carbocycles. The number of rotatable bonds is 7. The third kappa shape index (κ3) is 5.94. The standard InChI is InChI=1S/C20H29N5OS/c1-3-19-23-17(14-27-19)13-25-10-8-15(9-11-25)12-22-20(21)24-16-4-6-18(26-2)7-5-16/h4-7,14-15H,3,8-13H2,1-2H3,(H3,21,22,24). The smallest absolute Gasteiger partial charge is 0.193 e. The number of nitrogens with zero attached hydrogens (tertiary/aromatic N) is 3. The van der Waals surface area contributed by atoms with Gasteiger partial charge in [0.25, 0.3) is 0 Å². The van der Waals surface area contributed by atoms with E-state index in [-0.39, 0.29) is 0 Å². The number of anilines is 1. The first-order valence-electron chi connectivity index (χ1n) is 9.53. The van der Waals surface area contributed by atoms with Crippen LogP contribution in [0.25, 0.3) is 0 Å². The van der Waals surface area contributed by atoms with Gasteiger partial charge in [-0.15, -0.1) is 11.3 Å². The van der Waals surface area contributed by atoms with Gasteiger partial charge in [-0.1, -0.05) is 6.92 Å². The molecule has 146 valence electrons. The van der Waals surface area contributed by atoms with E-state index < -0.39 is 0 Å². The van der Waals surface area contributed by atoms with Crippen molar-refractivity contribution >= 4 is 23.0 Å². The van der Waals surface area contributed by atoms with Crippen molar-refractivity contribution in [2.45, 2.75) is 32.7 Å². The number of hydrogen-bond acceptors (Lipinski definition) is 5. The van der Waals surface area contributed by atoms with Crippen molar-refractivity contribution < 1.29 is 4.74 Å². The highest BCUT2D eigenvalue weighted by Crippen LogP contribution is 2.20. The molecule has 6 nitrogen and oxygen atoms in total. The number of nitrogens with two attached hydrogens (primary N) is 1. The largest absolute Gasteiger partial charge is 0.497 e. The van der Waals surface area contributed by atoms with Gasteiger partial charge in [0.1, 0.15) is 5.75 Å². The average Bonchev–Trinajstić information content (AvgIpc) is 3.15. The molecule has 0 atom stereocenters. The molecule has 1 saturated heterocycles. The van der Waals surface area contributed by atoms with Crippen LogP contribution >= 0.6 is 11.3 Å². The summed E-state index contributed by atoms with van der Waals surface area (Å²) in [5.74, 6) is 1.89. The Labute approximate surface area is 165 Å². The van der Waals surface area contributed by atoms with Crippen LogP contribution in [0.1, 0.15) is 30.5 Å². The molecule has 2 heterocycles. The summed E-state index contributed by atoms with van der Waals surface area (Å²) in [7, 11) is 1.66. The molecule has 1 aliphatic heterocycles. The van der Waals surface area contributed by atoms with Crippen LogP contribution in [0.5, 0.6) is 5.75 Å². The topological polar surface area (TPSA) is 75.8 Å². The van der Waals surface area contributed by atoms with E-state index in [2.05, 4.69) is 32.5 Å². The van der Waals surface area contributed by atoms with E-state index in [1.807, 2.05) is 24.3 Å². The van der Waals surface area contributed by atoms with Crippen LogP contribution < -0.4 is 15.8 Å². The van der Waals surface area contributed by atoms with E-state index in [1.165, 1.54) is 10.7 Å². The summed E-state index contributed by atoms with van der Waals surface area (Å²) in [6.07, 6.45) is 3.34. The van der Waals surface area contributed by atoms with E-state index >= 15 is 0 Å². The zero-order valence-electron chi connectivity index (χ0n) is 16.1. The predicted octanol–water partition coefficient (Wildman–Crippen LogP) is 3.35. The maximum atomic E-state index is 6.03. The summed E-state index contributed by atoms with van der Waals surface area (Å²) in [5, 5.41) is 6.56. The Balaban J connectivity index is 1.40. The molecule has 0 saturated carbocycles. The number of hydrogen-bond donors (Lipinski definition) is 2. The summed E-state index contributed by atoms with van der Waals surface area (Å²) < 4.78 is 5.16. The SMILES string of the molecule is CCc1nc(CN2CCC(CN=C(N)Nc3ccc(OC)cc3)CC2)cs1. The zero-order valence-corrected chi connectivity index (χ0v) is 17.0. The molecule has 0 amide bonds. The number of aliphatic imine (C=N–C) groups is 1. The number of aryl methyl sites for hydroxylation is 1. The molecule has 1 aromatic heterocycles. The van der Waals surface area contributed by atoms with Gasteiger partial charge in [-0.05, 0) is 62.5 Å². The van der Waals surface area contributed by atoms with Crippen LogP contribution in [-0.2, 0) is 13.0 Å². The number of aromatic nitrogens is 1. The molecule has 2 aromatic rings. The summed E-state index contributed by atoms with van der Waals surface area (Å²) in [4.78, 5) is 11.7. The average molecular weight is 388 g/mol. The van der Waals surface area contributed by atoms with Gasteiger partial charge in [-0.2, -0.15) is 0 Å². The fourth-order valence-electron chi connectivity index (χ4n) is 3.23. The van der Waals surface area contributed by atoms with Crippen molar-refractivity contribution in [3.63, 3.8) is 0 Å². The molecule has 27 heavy (non-hydrogen) atoms. The zero-order chi connectivity index (χ0) is 19.1. The van der Waals surface area contributed by atoms with Crippen LogP contribution in [0, 0.1) is 5.92 Å². The Bertz CT molecular complexity index is 735. The van der Waals surface area contributed by atoms with Crippen molar-refractivity contribution in [1.82, 2.24) is 9.88 Å². The van der Waals surface area contributed by atoms with Crippen LogP contribution in [-0.4, -0.2) is 42.6 Å². The normalized spacial score (nSPS) is 16.4. The van der Waals surface area contributed by atoms with Gasteiger partial charge < -0.3 is 15.8 Å². The number of piperidine rings is 1. The van der Waals surface area contributed by atoms with Crippen molar-refractivity contribution in [3.05, 3.63) is 40.3 Å². The van der Waals surface area contributed by atoms with Crippen molar-refractivity contribution in [2.24, 2.45) is 16.6 Å². The van der Waals surface area contributed by atoms with E-state index in [1.54, 1.807) is 18.4 Å². The van der Waals surface area contributed by atoms with Crippen LogP contribution in [0.2, 0.25) is 0 Å². The number of benzene rings is 1. The Morgan fingerprint density at radius 2 is 2.07 bits per heavy atom. The minimum atomic E-state index is 0.470. The summed E-state index contributed by atoms with van der Waals surface area (Å²) in [6, 6.07) is 7.67. The minimum Gasteiger partial charge on any atom is -0.497 e. The first-order valence-corrected chi connectivity index (χ1v) is 10.4. The molecule has 1 aliphatic rings. The lowest BCUT2D eigenvalue weighted by molar-refractivity contribution is 0.179. The lowest BCUT2D eigenvalue weighted by Crippen LogP contribution is -2.34. The number of methoxy groups -OCH3 is 1. The molecule has 7 heteroatoms. The van der Waals surface area contributed by atoms with Crippen LogP contribution in [0.15, 0.2) is 34.6 Å². The second-order valence-corrected chi connectivity index (χ2v) is 7.83. The molecule has 0 spiro atoms. The quantitative estimate of drug-likeness (QED) is 0.563. The first-order chi connectivity index (χ1) is 13.2. The van der Waals surface area contributed by atoms with Crippen LogP contribution in [0.3, 0.4) is 0 Å². The van der Waals surface area contributed by atoms with Crippen molar-refractivity contribution in [1.29, 1.82) is 0 Å². The van der Waals surface area contributed by atoms with Gasteiger partial charge in [0.15, 0.2) is 5.96 Å². The number of likely N-dealkylation sites (tertiary alicyclic amines) is 1. The Morgan fingerprint density at radius 1 is 1.33 bits per heavy atom. The lowest BCUT2D eigenvalue weighted by atomic mass is 9.97. The second kappa shape index (κ2) is 9.71. The Hall–Kier alpha value is -2.12.